The molecule has 1 atom stereocenters. The van der Waals surface area contributed by atoms with Crippen molar-refractivity contribution in [1.82, 2.24) is 4.90 Å². The second-order valence-corrected chi connectivity index (χ2v) is 5.24. The smallest absolute Gasteiger partial charge is 0.0307 e. The first-order chi connectivity index (χ1) is 8.58. The van der Waals surface area contributed by atoms with Gasteiger partial charge in [0.2, 0.25) is 0 Å². The lowest BCUT2D eigenvalue weighted by atomic mass is 9.98. The van der Waals surface area contributed by atoms with Gasteiger partial charge in [0.15, 0.2) is 0 Å². The molecule has 0 amide bonds. The van der Waals surface area contributed by atoms with E-state index in [4.69, 9.17) is 5.73 Å². The second-order valence-electron chi connectivity index (χ2n) is 5.24. The maximum atomic E-state index is 6.25. The number of hydrogen-bond donors (Lipinski definition) is 1. The van der Waals surface area contributed by atoms with Crippen LogP contribution in [0.25, 0.3) is 0 Å². The van der Waals surface area contributed by atoms with Crippen LogP contribution >= 0.6 is 0 Å². The van der Waals surface area contributed by atoms with Crippen molar-refractivity contribution in [3.63, 3.8) is 0 Å². The zero-order valence-corrected chi connectivity index (χ0v) is 12.3. The van der Waals surface area contributed by atoms with Gasteiger partial charge in [0.05, 0.1) is 0 Å². The van der Waals surface area contributed by atoms with Crippen molar-refractivity contribution in [3.05, 3.63) is 35.4 Å². The van der Waals surface area contributed by atoms with E-state index in [1.54, 1.807) is 0 Å². The molecule has 0 spiro atoms. The fraction of sp³-hybridized carbons (Fsp3) is 0.625. The molecular formula is C16H28N2. The molecule has 0 aliphatic heterocycles. The van der Waals surface area contributed by atoms with Crippen molar-refractivity contribution in [1.29, 1.82) is 0 Å². The van der Waals surface area contributed by atoms with Gasteiger partial charge in [0, 0.05) is 6.04 Å². The van der Waals surface area contributed by atoms with Crippen molar-refractivity contribution in [3.8, 4) is 0 Å². The lowest BCUT2D eigenvalue weighted by molar-refractivity contribution is 0.291. The summed E-state index contributed by atoms with van der Waals surface area (Å²) < 4.78 is 0. The largest absolute Gasteiger partial charge is 0.324 e. The standard InChI is InChI=1S/C16H28N2/c1-5-18(6-2)12-11-16(17)15-9-7-14(8-10-15)13(3)4/h7-10,13,16H,5-6,11-12,17H2,1-4H3. The van der Waals surface area contributed by atoms with E-state index in [9.17, 15) is 0 Å². The highest BCUT2D eigenvalue weighted by Crippen LogP contribution is 2.19. The minimum atomic E-state index is 0.159. The highest BCUT2D eigenvalue weighted by molar-refractivity contribution is 5.26. The first-order valence-corrected chi connectivity index (χ1v) is 7.16. The third-order valence-corrected chi connectivity index (χ3v) is 3.68. The Morgan fingerprint density at radius 1 is 1.00 bits per heavy atom. The minimum Gasteiger partial charge on any atom is -0.324 e. The van der Waals surface area contributed by atoms with Crippen LogP contribution in [0.15, 0.2) is 24.3 Å². The molecule has 1 aromatic rings. The molecule has 0 aromatic heterocycles. The van der Waals surface area contributed by atoms with E-state index < -0.39 is 0 Å². The summed E-state index contributed by atoms with van der Waals surface area (Å²) >= 11 is 0. The molecule has 2 nitrogen and oxygen atoms in total. The molecule has 2 N–H and O–H groups in total. The summed E-state index contributed by atoms with van der Waals surface area (Å²) in [5.41, 5.74) is 8.89. The van der Waals surface area contributed by atoms with Crippen LogP contribution in [0.1, 0.15) is 57.2 Å². The molecular weight excluding hydrogens is 220 g/mol. The minimum absolute atomic E-state index is 0.159. The maximum Gasteiger partial charge on any atom is 0.0307 e. The molecule has 0 radical (unpaired) electrons. The molecule has 0 bridgehead atoms. The third kappa shape index (κ3) is 4.43. The van der Waals surface area contributed by atoms with Crippen molar-refractivity contribution in [2.75, 3.05) is 19.6 Å². The van der Waals surface area contributed by atoms with Crippen LogP contribution < -0.4 is 5.73 Å². The van der Waals surface area contributed by atoms with Crippen LogP contribution in [0.5, 0.6) is 0 Å². The molecule has 0 saturated heterocycles. The van der Waals surface area contributed by atoms with Crippen LogP contribution in [0, 0.1) is 0 Å². The summed E-state index contributed by atoms with van der Waals surface area (Å²) in [4.78, 5) is 2.42. The molecule has 2 heteroatoms. The van der Waals surface area contributed by atoms with Gasteiger partial charge in [-0.3, -0.25) is 0 Å². The Balaban J connectivity index is 2.53. The van der Waals surface area contributed by atoms with Crippen LogP contribution in [0.2, 0.25) is 0 Å². The van der Waals surface area contributed by atoms with Crippen molar-refractivity contribution >= 4 is 0 Å². The van der Waals surface area contributed by atoms with Crippen LogP contribution in [-0.4, -0.2) is 24.5 Å². The van der Waals surface area contributed by atoms with E-state index in [2.05, 4.69) is 56.9 Å². The summed E-state index contributed by atoms with van der Waals surface area (Å²) in [5.74, 6) is 0.589. The van der Waals surface area contributed by atoms with Gasteiger partial charge >= 0.3 is 0 Å². The second kappa shape index (κ2) is 7.55. The molecule has 0 fully saturated rings. The third-order valence-electron chi connectivity index (χ3n) is 3.68. The van der Waals surface area contributed by atoms with Crippen LogP contribution in [-0.2, 0) is 0 Å². The summed E-state index contributed by atoms with van der Waals surface area (Å²) in [5, 5.41) is 0. The fourth-order valence-corrected chi connectivity index (χ4v) is 2.16. The Labute approximate surface area is 112 Å². The van der Waals surface area contributed by atoms with Crippen molar-refractivity contribution in [2.45, 2.75) is 46.1 Å². The lowest BCUT2D eigenvalue weighted by Gasteiger charge is -2.21. The Hall–Kier alpha value is -0.860. The zero-order chi connectivity index (χ0) is 13.5. The van der Waals surface area contributed by atoms with Gasteiger partial charge in [-0.2, -0.15) is 0 Å². The Morgan fingerprint density at radius 2 is 1.50 bits per heavy atom. The van der Waals surface area contributed by atoms with Gasteiger partial charge in [-0.15, -0.1) is 0 Å². The Morgan fingerprint density at radius 3 is 1.94 bits per heavy atom. The summed E-state index contributed by atoms with van der Waals surface area (Å²) in [6.07, 6.45) is 1.03. The van der Waals surface area contributed by atoms with Crippen molar-refractivity contribution < 1.29 is 0 Å². The topological polar surface area (TPSA) is 29.3 Å². The highest BCUT2D eigenvalue weighted by atomic mass is 15.1. The average Bonchev–Trinajstić information content (AvgIpc) is 2.39. The zero-order valence-electron chi connectivity index (χ0n) is 12.3. The summed E-state index contributed by atoms with van der Waals surface area (Å²) in [7, 11) is 0. The van der Waals surface area contributed by atoms with E-state index in [1.165, 1.54) is 11.1 Å². The van der Waals surface area contributed by atoms with E-state index in [0.717, 1.165) is 26.1 Å². The first kappa shape index (κ1) is 15.2. The quantitative estimate of drug-likeness (QED) is 0.799. The Kier molecular flexibility index (Phi) is 6.37. The predicted molar refractivity (Wildman–Crippen MR) is 79.9 cm³/mol. The Bertz CT molecular complexity index is 325. The lowest BCUT2D eigenvalue weighted by Crippen LogP contribution is -2.27. The summed E-state index contributed by atoms with van der Waals surface area (Å²) in [6, 6.07) is 8.94. The number of nitrogens with zero attached hydrogens (tertiary/aromatic N) is 1. The molecule has 102 valence electrons. The van der Waals surface area contributed by atoms with Gasteiger partial charge in [0.25, 0.3) is 0 Å². The number of nitrogens with two attached hydrogens (primary N) is 1. The predicted octanol–water partition coefficient (Wildman–Crippen LogP) is 3.54. The van der Waals surface area contributed by atoms with E-state index in [-0.39, 0.29) is 6.04 Å². The normalized spacial score (nSPS) is 13.3. The molecule has 0 aliphatic carbocycles. The molecule has 18 heavy (non-hydrogen) atoms. The number of benzene rings is 1. The maximum absolute atomic E-state index is 6.25. The van der Waals surface area contributed by atoms with Gasteiger partial charge in [-0.1, -0.05) is 52.0 Å². The summed E-state index contributed by atoms with van der Waals surface area (Å²) in [6.45, 7) is 12.1. The highest BCUT2D eigenvalue weighted by Gasteiger charge is 2.08. The van der Waals surface area contributed by atoms with Gasteiger partial charge in [-0.05, 0) is 43.1 Å². The van der Waals surface area contributed by atoms with Crippen LogP contribution in [0.3, 0.4) is 0 Å². The van der Waals surface area contributed by atoms with E-state index >= 15 is 0 Å². The van der Waals surface area contributed by atoms with Gasteiger partial charge in [-0.25, -0.2) is 0 Å². The molecule has 1 unspecified atom stereocenters. The van der Waals surface area contributed by atoms with Gasteiger partial charge in [0.1, 0.15) is 0 Å². The van der Waals surface area contributed by atoms with Crippen LogP contribution in [0.4, 0.5) is 0 Å². The monoisotopic (exact) mass is 248 g/mol. The number of rotatable bonds is 7. The van der Waals surface area contributed by atoms with Gasteiger partial charge < -0.3 is 10.6 Å². The SMILES string of the molecule is CCN(CC)CCC(N)c1ccc(C(C)C)cc1. The van der Waals surface area contributed by atoms with E-state index in [1.807, 2.05) is 0 Å². The molecule has 1 aromatic carbocycles. The molecule has 0 aliphatic rings. The fourth-order valence-electron chi connectivity index (χ4n) is 2.16. The number of hydrogen-bond acceptors (Lipinski definition) is 2. The van der Waals surface area contributed by atoms with Crippen molar-refractivity contribution in [2.24, 2.45) is 5.73 Å². The van der Waals surface area contributed by atoms with E-state index in [0.29, 0.717) is 5.92 Å². The molecule has 0 heterocycles. The average molecular weight is 248 g/mol. The molecule has 1 rings (SSSR count). The first-order valence-electron chi connectivity index (χ1n) is 7.16. The molecule has 0 saturated carbocycles.